The molecular weight excluding hydrogens is 238 g/mol. The lowest BCUT2D eigenvalue weighted by Crippen LogP contribution is -2.33. The molecule has 1 aromatic rings. The molecule has 3 nitrogen and oxygen atoms in total. The van der Waals surface area contributed by atoms with Crippen molar-refractivity contribution in [2.24, 2.45) is 5.73 Å². The van der Waals surface area contributed by atoms with Crippen LogP contribution in [0.2, 0.25) is 0 Å². The van der Waals surface area contributed by atoms with E-state index in [4.69, 9.17) is 15.2 Å². The molecule has 3 heteroatoms. The zero-order chi connectivity index (χ0) is 13.3. The van der Waals surface area contributed by atoms with E-state index >= 15 is 0 Å². The van der Waals surface area contributed by atoms with Crippen molar-refractivity contribution in [3.63, 3.8) is 0 Å². The fourth-order valence-corrected chi connectivity index (χ4v) is 3.07. The van der Waals surface area contributed by atoms with Crippen molar-refractivity contribution in [3.05, 3.63) is 29.8 Å². The lowest BCUT2D eigenvalue weighted by molar-refractivity contribution is 0.00678. The normalized spacial score (nSPS) is 26.7. The predicted molar refractivity (Wildman–Crippen MR) is 75.5 cm³/mol. The van der Waals surface area contributed by atoms with Gasteiger partial charge in [-0.3, -0.25) is 0 Å². The quantitative estimate of drug-likeness (QED) is 0.906. The molecule has 19 heavy (non-hydrogen) atoms. The second kappa shape index (κ2) is 5.14. The summed E-state index contributed by atoms with van der Waals surface area (Å²) in [6.45, 7) is 3.68. The van der Waals surface area contributed by atoms with Crippen LogP contribution in [-0.4, -0.2) is 25.4 Å². The van der Waals surface area contributed by atoms with E-state index in [2.05, 4.69) is 25.1 Å². The number of benzene rings is 1. The maximum absolute atomic E-state index is 6.19. The Bertz CT molecular complexity index is 434. The molecular formula is C16H23NO2. The van der Waals surface area contributed by atoms with E-state index < -0.39 is 0 Å². The highest BCUT2D eigenvalue weighted by molar-refractivity contribution is 5.44. The summed E-state index contributed by atoms with van der Waals surface area (Å²) in [6.07, 6.45) is 4.71. The molecule has 0 aromatic heterocycles. The van der Waals surface area contributed by atoms with E-state index in [1.165, 1.54) is 18.4 Å². The molecule has 0 amide bonds. The van der Waals surface area contributed by atoms with Gasteiger partial charge in [0.05, 0.1) is 6.61 Å². The Morgan fingerprint density at radius 1 is 1.37 bits per heavy atom. The molecule has 104 valence electrons. The molecule has 2 fully saturated rings. The molecule has 1 aliphatic carbocycles. The SMILES string of the molecule is CC(N)C1(c2ccccc2OC2CCCOC2)CC1. The summed E-state index contributed by atoms with van der Waals surface area (Å²) >= 11 is 0. The monoisotopic (exact) mass is 261 g/mol. The molecule has 1 aromatic carbocycles. The average molecular weight is 261 g/mol. The van der Waals surface area contributed by atoms with Crippen LogP contribution in [0.4, 0.5) is 0 Å². The molecule has 2 atom stereocenters. The Morgan fingerprint density at radius 2 is 2.16 bits per heavy atom. The van der Waals surface area contributed by atoms with Crippen molar-refractivity contribution in [1.82, 2.24) is 0 Å². The van der Waals surface area contributed by atoms with Crippen LogP contribution in [-0.2, 0) is 10.2 Å². The van der Waals surface area contributed by atoms with Crippen molar-refractivity contribution in [1.29, 1.82) is 0 Å². The molecule has 2 unspecified atom stereocenters. The first-order chi connectivity index (χ1) is 9.22. The summed E-state index contributed by atoms with van der Waals surface area (Å²) in [6, 6.07) is 8.56. The molecule has 1 aliphatic heterocycles. The zero-order valence-electron chi connectivity index (χ0n) is 11.6. The van der Waals surface area contributed by atoms with E-state index in [1.54, 1.807) is 0 Å². The van der Waals surface area contributed by atoms with E-state index in [9.17, 15) is 0 Å². The molecule has 1 saturated heterocycles. The number of rotatable bonds is 4. The molecule has 0 spiro atoms. The maximum Gasteiger partial charge on any atom is 0.123 e. The number of hydrogen-bond donors (Lipinski definition) is 1. The van der Waals surface area contributed by atoms with E-state index in [-0.39, 0.29) is 17.6 Å². The number of hydrogen-bond acceptors (Lipinski definition) is 3. The number of nitrogens with two attached hydrogens (primary N) is 1. The van der Waals surface area contributed by atoms with Gasteiger partial charge in [-0.05, 0) is 38.7 Å². The predicted octanol–water partition coefficient (Wildman–Crippen LogP) is 2.62. The van der Waals surface area contributed by atoms with E-state index in [0.717, 1.165) is 25.2 Å². The second-order valence-corrected chi connectivity index (χ2v) is 5.90. The van der Waals surface area contributed by atoms with Crippen molar-refractivity contribution >= 4 is 0 Å². The Hall–Kier alpha value is -1.06. The van der Waals surface area contributed by atoms with Gasteiger partial charge in [0.15, 0.2) is 0 Å². The van der Waals surface area contributed by atoms with Crippen LogP contribution in [0.1, 0.15) is 38.2 Å². The highest BCUT2D eigenvalue weighted by Gasteiger charge is 2.49. The van der Waals surface area contributed by atoms with Gasteiger partial charge in [-0.25, -0.2) is 0 Å². The van der Waals surface area contributed by atoms with Gasteiger partial charge in [-0.2, -0.15) is 0 Å². The third-order valence-electron chi connectivity index (χ3n) is 4.50. The zero-order valence-corrected chi connectivity index (χ0v) is 11.6. The summed E-state index contributed by atoms with van der Waals surface area (Å²) in [5.74, 6) is 1.01. The van der Waals surface area contributed by atoms with Gasteiger partial charge in [-0.1, -0.05) is 18.2 Å². The van der Waals surface area contributed by atoms with Crippen LogP contribution in [0, 0.1) is 0 Å². The highest BCUT2D eigenvalue weighted by atomic mass is 16.5. The average Bonchev–Trinajstić information content (AvgIpc) is 3.22. The van der Waals surface area contributed by atoms with Gasteiger partial charge in [0.25, 0.3) is 0 Å². The number of ether oxygens (including phenoxy) is 2. The van der Waals surface area contributed by atoms with Crippen molar-refractivity contribution in [2.75, 3.05) is 13.2 Å². The minimum Gasteiger partial charge on any atom is -0.488 e. The van der Waals surface area contributed by atoms with E-state index in [0.29, 0.717) is 6.61 Å². The third-order valence-corrected chi connectivity index (χ3v) is 4.50. The first-order valence-corrected chi connectivity index (χ1v) is 7.32. The van der Waals surface area contributed by atoms with E-state index in [1.807, 2.05) is 6.07 Å². The molecule has 2 aliphatic rings. The minimum absolute atomic E-state index is 0.145. The lowest BCUT2D eigenvalue weighted by atomic mass is 9.89. The Labute approximate surface area is 115 Å². The summed E-state index contributed by atoms with van der Waals surface area (Å²) in [4.78, 5) is 0. The van der Waals surface area contributed by atoms with Gasteiger partial charge < -0.3 is 15.2 Å². The Kier molecular flexibility index (Phi) is 3.50. The van der Waals surface area contributed by atoms with Crippen molar-refractivity contribution < 1.29 is 9.47 Å². The molecule has 0 bridgehead atoms. The second-order valence-electron chi connectivity index (χ2n) is 5.90. The summed E-state index contributed by atoms with van der Waals surface area (Å²) in [5.41, 5.74) is 7.62. The maximum atomic E-state index is 6.19. The van der Waals surface area contributed by atoms with Gasteiger partial charge in [0.2, 0.25) is 0 Å². The summed E-state index contributed by atoms with van der Waals surface area (Å²) in [5, 5.41) is 0. The van der Waals surface area contributed by atoms with Crippen LogP contribution < -0.4 is 10.5 Å². The van der Waals surface area contributed by atoms with Gasteiger partial charge in [-0.15, -0.1) is 0 Å². The molecule has 1 heterocycles. The lowest BCUT2D eigenvalue weighted by Gasteiger charge is -2.28. The van der Waals surface area contributed by atoms with Crippen LogP contribution in [0.15, 0.2) is 24.3 Å². The Balaban J connectivity index is 1.81. The van der Waals surface area contributed by atoms with Crippen LogP contribution in [0.25, 0.3) is 0 Å². The molecule has 0 radical (unpaired) electrons. The largest absolute Gasteiger partial charge is 0.488 e. The van der Waals surface area contributed by atoms with Crippen LogP contribution in [0.5, 0.6) is 5.75 Å². The fourth-order valence-electron chi connectivity index (χ4n) is 3.07. The third kappa shape index (κ3) is 2.49. The minimum atomic E-state index is 0.145. The van der Waals surface area contributed by atoms with Crippen LogP contribution in [0.3, 0.4) is 0 Å². The molecule has 2 N–H and O–H groups in total. The summed E-state index contributed by atoms with van der Waals surface area (Å²) < 4.78 is 11.7. The molecule has 3 rings (SSSR count). The van der Waals surface area contributed by atoms with Crippen molar-refractivity contribution in [3.8, 4) is 5.75 Å². The van der Waals surface area contributed by atoms with Crippen LogP contribution >= 0.6 is 0 Å². The molecule has 1 saturated carbocycles. The van der Waals surface area contributed by atoms with Gasteiger partial charge >= 0.3 is 0 Å². The topological polar surface area (TPSA) is 44.5 Å². The standard InChI is InChI=1S/C16H23NO2/c1-12(17)16(8-9-16)14-6-2-3-7-15(14)19-13-5-4-10-18-11-13/h2-3,6-7,12-13H,4-5,8-11,17H2,1H3. The van der Waals surface area contributed by atoms with Gasteiger partial charge in [0.1, 0.15) is 11.9 Å². The Morgan fingerprint density at radius 3 is 2.79 bits per heavy atom. The summed E-state index contributed by atoms with van der Waals surface area (Å²) in [7, 11) is 0. The van der Waals surface area contributed by atoms with Gasteiger partial charge in [0, 0.05) is 23.6 Å². The first-order valence-electron chi connectivity index (χ1n) is 7.32. The first kappa shape index (κ1) is 12.9. The highest BCUT2D eigenvalue weighted by Crippen LogP contribution is 2.53. The fraction of sp³-hybridized carbons (Fsp3) is 0.625. The smallest absolute Gasteiger partial charge is 0.123 e. The van der Waals surface area contributed by atoms with Crippen molar-refractivity contribution in [2.45, 2.75) is 50.2 Å². The number of para-hydroxylation sites is 1.